The number of amides is 1. The van der Waals surface area contributed by atoms with Crippen molar-refractivity contribution in [2.45, 2.75) is 67.5 Å². The van der Waals surface area contributed by atoms with Gasteiger partial charge in [0, 0.05) is 42.2 Å². The van der Waals surface area contributed by atoms with Gasteiger partial charge in [-0.25, -0.2) is 25.8 Å². The minimum absolute atomic E-state index is 0.0506. The van der Waals surface area contributed by atoms with Crippen LogP contribution in [0.15, 0.2) is 96.0 Å². The zero-order valence-electron chi connectivity index (χ0n) is 29.6. The molecule has 2 bridgehead atoms. The smallest absolute Gasteiger partial charge is 0.269 e. The van der Waals surface area contributed by atoms with Crippen molar-refractivity contribution in [2.24, 2.45) is 5.92 Å². The number of hydrogen-bond acceptors (Lipinski definition) is 8. The van der Waals surface area contributed by atoms with Gasteiger partial charge in [-0.05, 0) is 86.4 Å². The van der Waals surface area contributed by atoms with Crippen LogP contribution in [0.2, 0.25) is 0 Å². The van der Waals surface area contributed by atoms with Crippen molar-refractivity contribution >= 4 is 43.4 Å². The summed E-state index contributed by atoms with van der Waals surface area (Å²) < 4.78 is 54.0. The minimum Gasteiger partial charge on any atom is -0.313 e. The average molecular weight is 750 g/mol. The van der Waals surface area contributed by atoms with Crippen molar-refractivity contribution in [2.75, 3.05) is 30.8 Å². The van der Waals surface area contributed by atoms with Crippen LogP contribution < -0.4 is 10.2 Å². The van der Waals surface area contributed by atoms with Gasteiger partial charge in [-0.2, -0.15) is 0 Å². The molecule has 5 aromatic rings. The highest BCUT2D eigenvalue weighted by atomic mass is 32.2. The molecule has 0 aliphatic carbocycles. The highest BCUT2D eigenvalue weighted by Crippen LogP contribution is 2.56. The lowest BCUT2D eigenvalue weighted by Gasteiger charge is -2.37. The van der Waals surface area contributed by atoms with Crippen molar-refractivity contribution in [3.05, 3.63) is 102 Å². The molecule has 4 aliphatic heterocycles. The first-order valence-corrected chi connectivity index (χ1v) is 21.4. The van der Waals surface area contributed by atoms with Gasteiger partial charge < -0.3 is 10.2 Å². The number of nitrogens with one attached hydrogen (secondary N) is 1. The Balaban J connectivity index is 1.26. The molecule has 3 saturated heterocycles. The number of fused-ring (bicyclic) bond motifs is 6. The van der Waals surface area contributed by atoms with Crippen LogP contribution in [0, 0.1) is 5.92 Å². The third-order valence-corrected chi connectivity index (χ3v) is 14.6. The van der Waals surface area contributed by atoms with Gasteiger partial charge >= 0.3 is 0 Å². The maximum absolute atomic E-state index is 15.0. The fourth-order valence-corrected chi connectivity index (χ4v) is 12.0. The molecule has 9 rings (SSSR count). The van der Waals surface area contributed by atoms with E-state index in [2.05, 4.69) is 22.3 Å². The molecule has 3 fully saturated rings. The van der Waals surface area contributed by atoms with Gasteiger partial charge in [0.2, 0.25) is 5.91 Å². The summed E-state index contributed by atoms with van der Waals surface area (Å²) in [5.41, 5.74) is 5.09. The monoisotopic (exact) mass is 749 g/mol. The normalized spacial score (nSPS) is 23.4. The van der Waals surface area contributed by atoms with Crippen LogP contribution in [-0.4, -0.2) is 74.6 Å². The van der Waals surface area contributed by atoms with Gasteiger partial charge in [0.15, 0.2) is 5.65 Å². The number of nitrogens with zero attached hydrogens (tertiary/aromatic N) is 4. The lowest BCUT2D eigenvalue weighted by Crippen LogP contribution is -2.51. The first kappa shape index (κ1) is 34.4. The molecule has 1 N–H and O–H groups in total. The van der Waals surface area contributed by atoms with E-state index in [-0.39, 0.29) is 34.6 Å². The largest absolute Gasteiger partial charge is 0.313 e. The molecule has 1 amide bonds. The Labute approximate surface area is 311 Å². The van der Waals surface area contributed by atoms with Gasteiger partial charge in [-0.1, -0.05) is 72.8 Å². The number of carbonyl (C=O) groups excluding carboxylic acids is 1. The summed E-state index contributed by atoms with van der Waals surface area (Å²) >= 11 is 0. The van der Waals surface area contributed by atoms with E-state index in [4.69, 9.17) is 4.98 Å². The van der Waals surface area contributed by atoms with E-state index in [0.717, 1.165) is 78.8 Å². The maximum Gasteiger partial charge on any atom is 0.269 e. The number of anilines is 1. The van der Waals surface area contributed by atoms with Crippen molar-refractivity contribution in [3.8, 4) is 22.4 Å². The molecule has 0 unspecified atom stereocenters. The molecule has 53 heavy (non-hydrogen) atoms. The fourth-order valence-electron chi connectivity index (χ4n) is 9.66. The Morgan fingerprint density at radius 2 is 1.49 bits per heavy atom. The summed E-state index contributed by atoms with van der Waals surface area (Å²) in [6, 6.07) is 26.9. The maximum atomic E-state index is 15.0. The van der Waals surface area contributed by atoms with E-state index in [1.807, 2.05) is 49.5 Å². The van der Waals surface area contributed by atoms with Crippen molar-refractivity contribution in [3.63, 3.8) is 0 Å². The Bertz CT molecular complexity index is 2380. The second-order valence-electron chi connectivity index (χ2n) is 15.3. The third-order valence-electron chi connectivity index (χ3n) is 12.1. The van der Waals surface area contributed by atoms with Crippen molar-refractivity contribution in [1.82, 2.24) is 19.2 Å². The van der Waals surface area contributed by atoms with Crippen LogP contribution in [0.3, 0.4) is 0 Å². The van der Waals surface area contributed by atoms with Gasteiger partial charge in [0.25, 0.3) is 10.0 Å². The number of hydrogen-bond donors (Lipinski definition) is 2. The third kappa shape index (κ3) is 5.73. The molecule has 10 nitrogen and oxygen atoms in total. The Morgan fingerprint density at radius 3 is 2.13 bits per heavy atom. The Morgan fingerprint density at radius 1 is 0.849 bits per heavy atom. The number of likely N-dealkylation sites (tertiary alicyclic amines) is 1. The second-order valence-corrected chi connectivity index (χ2v) is 18.1. The number of carbonyl (C=O) groups is 1. The lowest BCUT2D eigenvalue weighted by atomic mass is 9.70. The van der Waals surface area contributed by atoms with E-state index >= 15 is 8.42 Å². The second kappa shape index (κ2) is 13.2. The molecule has 1 spiro atoms. The van der Waals surface area contributed by atoms with Gasteiger partial charge in [-0.15, -0.1) is 0 Å². The number of pyridine rings is 1. The van der Waals surface area contributed by atoms with Crippen molar-refractivity contribution in [1.29, 1.82) is 0 Å². The van der Waals surface area contributed by atoms with E-state index in [9.17, 15) is 13.2 Å². The Hall–Kier alpha value is -4.36. The number of likely N-dealkylation sites (N-methyl/N-ethyl adjacent to an activating group) is 1. The molecule has 0 radical (unpaired) electrons. The molecule has 0 saturated carbocycles. The quantitative estimate of drug-likeness (QED) is 0.198. The minimum atomic E-state index is -4.18. The summed E-state index contributed by atoms with van der Waals surface area (Å²) in [6.07, 6.45) is 6.74. The first-order valence-electron chi connectivity index (χ1n) is 18.6. The first-order chi connectivity index (χ1) is 25.6. The van der Waals surface area contributed by atoms with Gasteiger partial charge in [-0.3, -0.25) is 9.69 Å². The molecule has 4 aliphatic rings. The van der Waals surface area contributed by atoms with E-state index in [1.165, 1.54) is 3.97 Å². The van der Waals surface area contributed by atoms with E-state index in [1.54, 1.807) is 41.4 Å². The summed E-state index contributed by atoms with van der Waals surface area (Å²) in [5.74, 6) is 0.516. The molecular weight excluding hydrogens is 707 g/mol. The molecular formula is C41H43N5O5S2. The highest BCUT2D eigenvalue weighted by molar-refractivity contribution is 7.90. The predicted octanol–water partition coefficient (Wildman–Crippen LogP) is 5.56. The highest BCUT2D eigenvalue weighted by Gasteiger charge is 2.57. The van der Waals surface area contributed by atoms with Crippen LogP contribution in [0.5, 0.6) is 0 Å². The van der Waals surface area contributed by atoms with Crippen LogP contribution in [0.4, 0.5) is 5.69 Å². The van der Waals surface area contributed by atoms with E-state index < -0.39 is 26.1 Å². The standard InChI is InChI=1S/C41H43N5O5S2/c1-44-34-24-42-39-36(37(34)41(40(44)47)22-31-16-17-32(23-41)43-31)35(29-8-4-2-5-9-29)38(46(39)53(50,51)33-10-6-3-7-11-33)30-14-12-27(13-15-30)25-45-20-18-28(19-21-45)26-52(48)49/h2-15,24,28,31-32,43,52H,16-23,25-26H2,1H3/t31-,32+,41+. The molecule has 3 atom stereocenters. The zero-order chi connectivity index (χ0) is 36.5. The van der Waals surface area contributed by atoms with Crippen molar-refractivity contribution < 1.29 is 21.6 Å². The summed E-state index contributed by atoms with van der Waals surface area (Å²) in [7, 11) is -4.73. The van der Waals surface area contributed by atoms with Gasteiger partial charge in [0.1, 0.15) is 10.7 Å². The molecule has 12 heteroatoms. The molecule has 3 aromatic carbocycles. The van der Waals surface area contributed by atoms with Crippen LogP contribution in [0.25, 0.3) is 33.4 Å². The predicted molar refractivity (Wildman–Crippen MR) is 207 cm³/mol. The SMILES string of the molecule is CN1C(=O)[C@]2(C[C@H]3CC[C@@H](C2)N3)c2c1cnc1c2c(-c2ccccc2)c(-c2ccc(CN3CCC(C[SH](=O)=O)CC3)cc2)n1S(=O)(=O)c1ccccc1. The topological polar surface area (TPSA) is 122 Å². The summed E-state index contributed by atoms with van der Waals surface area (Å²) in [5, 5.41) is 4.44. The van der Waals surface area contributed by atoms with Gasteiger partial charge in [0.05, 0.1) is 33.6 Å². The summed E-state index contributed by atoms with van der Waals surface area (Å²) in [6.45, 7) is 2.39. The van der Waals surface area contributed by atoms with Crippen LogP contribution in [0.1, 0.15) is 49.7 Å². The number of rotatable bonds is 8. The number of aromatic nitrogens is 2. The molecule has 6 heterocycles. The van der Waals surface area contributed by atoms with E-state index in [0.29, 0.717) is 29.6 Å². The number of thiol groups is 1. The zero-order valence-corrected chi connectivity index (χ0v) is 31.4. The molecule has 2 aromatic heterocycles. The van der Waals surface area contributed by atoms with Crippen LogP contribution in [-0.2, 0) is 37.5 Å². The average Bonchev–Trinajstić information content (AvgIpc) is 3.77. The number of piperidine rings is 2. The molecule has 274 valence electrons. The Kier molecular flexibility index (Phi) is 8.56. The lowest BCUT2D eigenvalue weighted by molar-refractivity contribution is -0.124. The fraction of sp³-hybridized carbons (Fsp3) is 0.366. The number of benzene rings is 3. The van der Waals surface area contributed by atoms with Crippen LogP contribution >= 0.6 is 0 Å². The summed E-state index contributed by atoms with van der Waals surface area (Å²) in [4.78, 5) is 23.7.